The van der Waals surface area contributed by atoms with E-state index in [2.05, 4.69) is 5.32 Å². The minimum Gasteiger partial charge on any atom is -0.493 e. The summed E-state index contributed by atoms with van der Waals surface area (Å²) in [6, 6.07) is 10.7. The maximum Gasteiger partial charge on any atom is 0.234 e. The van der Waals surface area contributed by atoms with Crippen LogP contribution in [0.5, 0.6) is 17.2 Å². The Morgan fingerprint density at radius 1 is 1.03 bits per heavy atom. The van der Waals surface area contributed by atoms with Crippen molar-refractivity contribution in [3.05, 3.63) is 47.7 Å². The minimum atomic E-state index is -0.272. The van der Waals surface area contributed by atoms with E-state index < -0.39 is 0 Å². The van der Waals surface area contributed by atoms with Gasteiger partial charge in [-0.3, -0.25) is 9.59 Å². The number of carbonyl (C=O) groups excluding carboxylic acids is 2. The molecule has 0 unspecified atom stereocenters. The summed E-state index contributed by atoms with van der Waals surface area (Å²) >= 11 is 1.99. The van der Waals surface area contributed by atoms with Crippen molar-refractivity contribution in [3.8, 4) is 17.2 Å². The lowest BCUT2D eigenvalue weighted by molar-refractivity contribution is -0.113. The molecule has 1 aromatic heterocycles. The molecule has 0 radical (unpaired) electrons. The van der Waals surface area contributed by atoms with Crippen LogP contribution in [0.1, 0.15) is 16.1 Å². The number of rotatable bonds is 7. The highest BCUT2D eigenvalue weighted by Crippen LogP contribution is 2.40. The fourth-order valence-corrected chi connectivity index (χ4v) is 3.50. The Kier molecular flexibility index (Phi) is 6.31. The molecule has 3 rings (SSSR count). The molecule has 0 atom stereocenters. The van der Waals surface area contributed by atoms with Crippen LogP contribution in [0.4, 0.5) is 5.69 Å². The fourth-order valence-electron chi connectivity index (χ4n) is 3.31. The van der Waals surface area contributed by atoms with Gasteiger partial charge in [-0.15, -0.1) is 0 Å². The molecule has 3 aromatic rings. The number of ketones is 1. The number of anilines is 1. The number of hydrogen-bond donors (Lipinski definition) is 1. The summed E-state index contributed by atoms with van der Waals surface area (Å²) in [5, 5.41) is 3.67. The van der Waals surface area contributed by atoms with Gasteiger partial charge >= 0.3 is 0 Å². The lowest BCUT2D eigenvalue weighted by Gasteiger charge is -2.14. The fraction of sp³-hybridized carbons (Fsp3) is 0.238. The summed E-state index contributed by atoms with van der Waals surface area (Å²) in [5.74, 6) is 0.716. The van der Waals surface area contributed by atoms with E-state index in [4.69, 9.17) is 14.2 Å². The Hall–Kier alpha value is -2.75. The Balaban J connectivity index is 2.23. The van der Waals surface area contributed by atoms with Gasteiger partial charge in [0.25, 0.3) is 0 Å². The number of nitrogens with zero attached hydrogens (tertiary/aromatic N) is 1. The lowest BCUT2D eigenvalue weighted by atomic mass is 10.0. The third kappa shape index (κ3) is 3.76. The van der Waals surface area contributed by atoms with Crippen LogP contribution in [0.15, 0.2) is 36.4 Å². The molecule has 2 aromatic carbocycles. The van der Waals surface area contributed by atoms with Gasteiger partial charge in [-0.25, -0.2) is 0 Å². The van der Waals surface area contributed by atoms with Gasteiger partial charge in [-0.1, -0.05) is 40.8 Å². The van der Waals surface area contributed by atoms with Crippen LogP contribution < -0.4 is 19.5 Å². The van der Waals surface area contributed by atoms with E-state index in [0.29, 0.717) is 34.2 Å². The molecule has 29 heavy (non-hydrogen) atoms. The van der Waals surface area contributed by atoms with Gasteiger partial charge < -0.3 is 24.1 Å². The Morgan fingerprint density at radius 2 is 1.66 bits per heavy atom. The smallest absolute Gasteiger partial charge is 0.234 e. The van der Waals surface area contributed by atoms with E-state index in [9.17, 15) is 9.59 Å². The molecule has 1 amide bonds. The molecular weight excluding hydrogens is 487 g/mol. The number of amides is 1. The van der Waals surface area contributed by atoms with Crippen LogP contribution in [0.2, 0.25) is 0 Å². The number of carbonyl (C=O) groups is 2. The summed E-state index contributed by atoms with van der Waals surface area (Å²) in [6.07, 6.45) is 0. The second-order valence-electron chi connectivity index (χ2n) is 6.22. The largest absolute Gasteiger partial charge is 0.493 e. The maximum atomic E-state index is 13.5. The van der Waals surface area contributed by atoms with Crippen LogP contribution in [0, 0.1) is 0 Å². The standard InChI is InChI=1S/C21H21IN2O5/c1-24-14-8-6-5-7-13(14)18(23-17(25)11-22)19(24)20(26)12-9-15(27-2)21(29-4)16(10-12)28-3/h5-10H,11H2,1-4H3,(H,23,25). The van der Waals surface area contributed by atoms with Crippen molar-refractivity contribution in [2.75, 3.05) is 31.1 Å². The van der Waals surface area contributed by atoms with Gasteiger partial charge in [0.15, 0.2) is 11.5 Å². The van der Waals surface area contributed by atoms with Crippen molar-refractivity contribution >= 4 is 50.9 Å². The van der Waals surface area contributed by atoms with E-state index in [1.54, 1.807) is 23.7 Å². The van der Waals surface area contributed by atoms with Gasteiger partial charge in [0.2, 0.25) is 17.4 Å². The van der Waals surface area contributed by atoms with E-state index in [1.165, 1.54) is 21.3 Å². The zero-order valence-corrected chi connectivity index (χ0v) is 18.7. The number of hydrogen-bond acceptors (Lipinski definition) is 5. The number of fused-ring (bicyclic) bond motifs is 1. The molecule has 7 nitrogen and oxygen atoms in total. The molecule has 0 aliphatic rings. The van der Waals surface area contributed by atoms with Gasteiger partial charge in [-0.2, -0.15) is 0 Å². The number of aromatic nitrogens is 1. The van der Waals surface area contributed by atoms with Gasteiger partial charge in [-0.05, 0) is 18.2 Å². The molecule has 0 saturated heterocycles. The van der Waals surface area contributed by atoms with Gasteiger partial charge in [0.1, 0.15) is 5.69 Å². The first-order chi connectivity index (χ1) is 14.0. The summed E-state index contributed by atoms with van der Waals surface area (Å²) in [6.45, 7) is 0. The molecule has 0 fully saturated rings. The third-order valence-electron chi connectivity index (χ3n) is 4.63. The quantitative estimate of drug-likeness (QED) is 0.299. The molecule has 152 valence electrons. The molecule has 8 heteroatoms. The van der Waals surface area contributed by atoms with Crippen LogP contribution >= 0.6 is 22.6 Å². The number of para-hydroxylation sites is 1. The van der Waals surface area contributed by atoms with Crippen LogP contribution in [0.3, 0.4) is 0 Å². The van der Waals surface area contributed by atoms with E-state index in [1.807, 2.05) is 46.9 Å². The van der Waals surface area contributed by atoms with Crippen LogP contribution in [0.25, 0.3) is 10.9 Å². The maximum absolute atomic E-state index is 13.5. The number of halogens is 1. The molecule has 1 heterocycles. The van der Waals surface area contributed by atoms with Crippen molar-refractivity contribution in [2.45, 2.75) is 0 Å². The minimum absolute atomic E-state index is 0.180. The number of aryl methyl sites for hydroxylation is 1. The zero-order chi connectivity index (χ0) is 21.1. The summed E-state index contributed by atoms with van der Waals surface area (Å²) < 4.78 is 18.1. The second-order valence-corrected chi connectivity index (χ2v) is 6.99. The second kappa shape index (κ2) is 8.73. The number of nitrogens with one attached hydrogen (secondary N) is 1. The molecule has 1 N–H and O–H groups in total. The average molecular weight is 508 g/mol. The van der Waals surface area contributed by atoms with Gasteiger partial charge in [0.05, 0.1) is 37.0 Å². The first kappa shape index (κ1) is 21.0. The third-order valence-corrected chi connectivity index (χ3v) is 5.33. The van der Waals surface area contributed by atoms with Crippen molar-refractivity contribution in [1.82, 2.24) is 4.57 Å². The Labute approximate surface area is 182 Å². The van der Waals surface area contributed by atoms with Crippen molar-refractivity contribution in [2.24, 2.45) is 7.05 Å². The molecule has 0 aliphatic heterocycles. The summed E-state index contributed by atoms with van der Waals surface area (Å²) in [5.41, 5.74) is 2.06. The number of alkyl halides is 1. The van der Waals surface area contributed by atoms with Crippen LogP contribution in [-0.2, 0) is 11.8 Å². The highest BCUT2D eigenvalue weighted by Gasteiger charge is 2.25. The molecular formula is C21H21IN2O5. The first-order valence-corrected chi connectivity index (χ1v) is 10.3. The Morgan fingerprint density at radius 3 is 2.21 bits per heavy atom. The molecule has 0 bridgehead atoms. The summed E-state index contributed by atoms with van der Waals surface area (Å²) in [4.78, 5) is 25.7. The first-order valence-electron chi connectivity index (χ1n) is 8.74. The SMILES string of the molecule is COc1cc(C(=O)c2c(NC(=O)CI)c3ccccc3n2C)cc(OC)c1OC. The van der Waals surface area contributed by atoms with E-state index >= 15 is 0 Å². The Bertz CT molecular complexity index is 1070. The topological polar surface area (TPSA) is 78.8 Å². The predicted molar refractivity (Wildman–Crippen MR) is 120 cm³/mol. The molecule has 0 spiro atoms. The average Bonchev–Trinajstić information content (AvgIpc) is 3.03. The highest BCUT2D eigenvalue weighted by atomic mass is 127. The van der Waals surface area contributed by atoms with Gasteiger partial charge in [0, 0.05) is 18.0 Å². The monoisotopic (exact) mass is 508 g/mol. The van der Waals surface area contributed by atoms with Crippen molar-refractivity contribution in [1.29, 1.82) is 0 Å². The number of benzene rings is 2. The van der Waals surface area contributed by atoms with E-state index in [-0.39, 0.29) is 16.1 Å². The highest BCUT2D eigenvalue weighted by molar-refractivity contribution is 14.1. The lowest BCUT2D eigenvalue weighted by Crippen LogP contribution is -2.16. The number of ether oxygens (including phenoxy) is 3. The zero-order valence-electron chi connectivity index (χ0n) is 16.5. The summed E-state index contributed by atoms with van der Waals surface area (Å²) in [7, 11) is 6.29. The molecule has 0 aliphatic carbocycles. The van der Waals surface area contributed by atoms with E-state index in [0.717, 1.165) is 10.9 Å². The predicted octanol–water partition coefficient (Wildman–Crippen LogP) is 3.81. The number of methoxy groups -OCH3 is 3. The normalized spacial score (nSPS) is 10.7. The molecule has 0 saturated carbocycles. The van der Waals surface area contributed by atoms with Crippen molar-refractivity contribution < 1.29 is 23.8 Å². The van der Waals surface area contributed by atoms with Crippen molar-refractivity contribution in [3.63, 3.8) is 0 Å². The van der Waals surface area contributed by atoms with Crippen LogP contribution in [-0.4, -0.2) is 42.0 Å².